The maximum Gasteiger partial charge on any atom is 0.226 e. The van der Waals surface area contributed by atoms with Crippen molar-refractivity contribution in [2.75, 3.05) is 31.9 Å². The van der Waals surface area contributed by atoms with Crippen LogP contribution in [0, 0.1) is 5.92 Å². The van der Waals surface area contributed by atoms with Crippen LogP contribution in [0.1, 0.15) is 44.6 Å². The van der Waals surface area contributed by atoms with Gasteiger partial charge in [0.2, 0.25) is 5.91 Å². The Bertz CT molecular complexity index is 542. The summed E-state index contributed by atoms with van der Waals surface area (Å²) in [7, 11) is 0. The predicted molar refractivity (Wildman–Crippen MR) is 98.7 cm³/mol. The lowest BCUT2D eigenvalue weighted by Crippen LogP contribution is -2.47. The van der Waals surface area contributed by atoms with Gasteiger partial charge in [-0.15, -0.1) is 0 Å². The first kappa shape index (κ1) is 17.3. The molecule has 1 amide bonds. The third-order valence-electron chi connectivity index (χ3n) is 5.64. The first-order chi connectivity index (χ1) is 11.6. The number of nitrogen functional groups attached to an aromatic ring is 1. The minimum Gasteiger partial charge on any atom is -0.399 e. The van der Waals surface area contributed by atoms with Crippen molar-refractivity contribution in [3.63, 3.8) is 0 Å². The fourth-order valence-corrected chi connectivity index (χ4v) is 4.12. The van der Waals surface area contributed by atoms with Crippen molar-refractivity contribution in [3.05, 3.63) is 29.8 Å². The van der Waals surface area contributed by atoms with E-state index in [4.69, 9.17) is 5.73 Å². The molecule has 4 nitrogen and oxygen atoms in total. The molecule has 1 aromatic rings. The third-order valence-corrected chi connectivity index (χ3v) is 5.64. The molecule has 2 saturated heterocycles. The Balaban J connectivity index is 1.52. The Morgan fingerprint density at radius 1 is 1.12 bits per heavy atom. The molecule has 3 rings (SSSR count). The Hall–Kier alpha value is -1.55. The number of carbonyl (C=O) groups is 1. The van der Waals surface area contributed by atoms with Crippen LogP contribution in [-0.4, -0.2) is 47.9 Å². The summed E-state index contributed by atoms with van der Waals surface area (Å²) in [5, 5.41) is 0. The molecule has 2 unspecified atom stereocenters. The van der Waals surface area contributed by atoms with Crippen LogP contribution in [0.2, 0.25) is 0 Å². The summed E-state index contributed by atoms with van der Waals surface area (Å²) in [4.78, 5) is 17.4. The van der Waals surface area contributed by atoms with Crippen molar-refractivity contribution < 1.29 is 4.79 Å². The maximum atomic E-state index is 12.6. The van der Waals surface area contributed by atoms with E-state index in [0.717, 1.165) is 37.3 Å². The molecule has 2 aliphatic rings. The van der Waals surface area contributed by atoms with Crippen LogP contribution in [0.15, 0.2) is 24.3 Å². The van der Waals surface area contributed by atoms with Crippen LogP contribution in [0.4, 0.5) is 5.69 Å². The largest absolute Gasteiger partial charge is 0.399 e. The van der Waals surface area contributed by atoms with Gasteiger partial charge in [-0.25, -0.2) is 0 Å². The molecular weight excluding hydrogens is 298 g/mol. The van der Waals surface area contributed by atoms with E-state index in [0.29, 0.717) is 18.4 Å². The van der Waals surface area contributed by atoms with Gasteiger partial charge >= 0.3 is 0 Å². The van der Waals surface area contributed by atoms with Gasteiger partial charge in [-0.05, 0) is 62.8 Å². The number of rotatable bonds is 4. The lowest BCUT2D eigenvalue weighted by molar-refractivity contribution is -0.132. The molecule has 0 aliphatic carbocycles. The highest BCUT2D eigenvalue weighted by Crippen LogP contribution is 2.23. The quantitative estimate of drug-likeness (QED) is 0.864. The summed E-state index contributed by atoms with van der Waals surface area (Å²) < 4.78 is 0. The van der Waals surface area contributed by atoms with Crippen LogP contribution in [-0.2, 0) is 11.2 Å². The SMILES string of the molecule is CC1CCCCN1CC1CCCN(C(=O)Cc2ccc(N)cc2)C1. The lowest BCUT2D eigenvalue weighted by atomic mass is 9.94. The molecule has 2 aliphatic heterocycles. The monoisotopic (exact) mass is 329 g/mol. The first-order valence-electron chi connectivity index (χ1n) is 9.48. The zero-order valence-corrected chi connectivity index (χ0v) is 14.9. The molecule has 24 heavy (non-hydrogen) atoms. The summed E-state index contributed by atoms with van der Waals surface area (Å²) in [5.41, 5.74) is 7.52. The average Bonchev–Trinajstić information content (AvgIpc) is 2.59. The molecule has 0 aromatic heterocycles. The van der Waals surface area contributed by atoms with Gasteiger partial charge in [0.05, 0.1) is 6.42 Å². The molecule has 2 N–H and O–H groups in total. The number of likely N-dealkylation sites (tertiary alicyclic amines) is 2. The Morgan fingerprint density at radius 3 is 2.67 bits per heavy atom. The van der Waals surface area contributed by atoms with Gasteiger partial charge in [0.25, 0.3) is 0 Å². The number of piperidine rings is 2. The fourth-order valence-electron chi connectivity index (χ4n) is 4.12. The highest BCUT2D eigenvalue weighted by molar-refractivity contribution is 5.79. The van der Waals surface area contributed by atoms with Gasteiger partial charge in [-0.3, -0.25) is 4.79 Å². The predicted octanol–water partition coefficient (Wildman–Crippen LogP) is 2.92. The van der Waals surface area contributed by atoms with Crippen molar-refractivity contribution in [1.82, 2.24) is 9.80 Å². The second-order valence-corrected chi connectivity index (χ2v) is 7.61. The second-order valence-electron chi connectivity index (χ2n) is 7.61. The summed E-state index contributed by atoms with van der Waals surface area (Å²) in [6, 6.07) is 8.38. The Labute approximate surface area is 146 Å². The number of carbonyl (C=O) groups excluding carboxylic acids is 1. The van der Waals surface area contributed by atoms with Crippen LogP contribution in [0.3, 0.4) is 0 Å². The fraction of sp³-hybridized carbons (Fsp3) is 0.650. The summed E-state index contributed by atoms with van der Waals surface area (Å²) in [5.74, 6) is 0.894. The van der Waals surface area contributed by atoms with Crippen molar-refractivity contribution in [3.8, 4) is 0 Å². The minimum atomic E-state index is 0.260. The molecule has 0 spiro atoms. The van der Waals surface area contributed by atoms with E-state index >= 15 is 0 Å². The summed E-state index contributed by atoms with van der Waals surface area (Å²) in [6.07, 6.45) is 6.92. The zero-order valence-electron chi connectivity index (χ0n) is 14.9. The number of amides is 1. The first-order valence-corrected chi connectivity index (χ1v) is 9.48. The third kappa shape index (κ3) is 4.50. The van der Waals surface area contributed by atoms with Gasteiger partial charge in [-0.1, -0.05) is 18.6 Å². The van der Waals surface area contributed by atoms with E-state index in [-0.39, 0.29) is 5.91 Å². The molecule has 2 atom stereocenters. The summed E-state index contributed by atoms with van der Waals surface area (Å²) >= 11 is 0. The van der Waals surface area contributed by atoms with E-state index in [1.807, 2.05) is 24.3 Å². The van der Waals surface area contributed by atoms with Crippen LogP contribution in [0.25, 0.3) is 0 Å². The molecule has 0 radical (unpaired) electrons. The Kier molecular flexibility index (Phi) is 5.77. The minimum absolute atomic E-state index is 0.260. The smallest absolute Gasteiger partial charge is 0.226 e. The molecule has 4 heteroatoms. The lowest BCUT2D eigenvalue weighted by Gasteiger charge is -2.39. The van der Waals surface area contributed by atoms with Crippen molar-refractivity contribution in [2.45, 2.75) is 51.5 Å². The number of nitrogens with two attached hydrogens (primary N) is 1. The standard InChI is InChI=1S/C20H31N3O/c1-16-5-2-3-11-22(16)14-18-6-4-12-23(15-18)20(24)13-17-7-9-19(21)10-8-17/h7-10,16,18H,2-6,11-15,21H2,1H3. The second kappa shape index (κ2) is 8.02. The summed E-state index contributed by atoms with van der Waals surface area (Å²) in [6.45, 7) is 6.59. The number of benzene rings is 1. The Morgan fingerprint density at radius 2 is 1.92 bits per heavy atom. The van der Waals surface area contributed by atoms with E-state index in [9.17, 15) is 4.79 Å². The van der Waals surface area contributed by atoms with Crippen molar-refractivity contribution >= 4 is 11.6 Å². The van der Waals surface area contributed by atoms with E-state index < -0.39 is 0 Å². The van der Waals surface area contributed by atoms with E-state index in [1.54, 1.807) is 0 Å². The number of anilines is 1. The molecule has 0 saturated carbocycles. The van der Waals surface area contributed by atoms with Crippen LogP contribution >= 0.6 is 0 Å². The molecule has 1 aromatic carbocycles. The van der Waals surface area contributed by atoms with Gasteiger partial charge in [0, 0.05) is 31.4 Å². The molecule has 0 bridgehead atoms. The maximum absolute atomic E-state index is 12.6. The van der Waals surface area contributed by atoms with Crippen molar-refractivity contribution in [1.29, 1.82) is 0 Å². The van der Waals surface area contributed by atoms with Crippen LogP contribution in [0.5, 0.6) is 0 Å². The molecule has 132 valence electrons. The normalized spacial score (nSPS) is 25.6. The van der Waals surface area contributed by atoms with Crippen molar-refractivity contribution in [2.24, 2.45) is 5.92 Å². The molecular formula is C20H31N3O. The van der Waals surface area contributed by atoms with E-state index in [1.165, 1.54) is 32.2 Å². The average molecular weight is 329 g/mol. The molecule has 2 fully saturated rings. The van der Waals surface area contributed by atoms with Gasteiger partial charge in [0.15, 0.2) is 0 Å². The van der Waals surface area contributed by atoms with Crippen LogP contribution < -0.4 is 5.73 Å². The number of hydrogen-bond donors (Lipinski definition) is 1. The van der Waals surface area contributed by atoms with Gasteiger partial charge in [-0.2, -0.15) is 0 Å². The highest BCUT2D eigenvalue weighted by atomic mass is 16.2. The van der Waals surface area contributed by atoms with Gasteiger partial charge < -0.3 is 15.5 Å². The van der Waals surface area contributed by atoms with Gasteiger partial charge in [0.1, 0.15) is 0 Å². The molecule has 2 heterocycles. The topological polar surface area (TPSA) is 49.6 Å². The highest BCUT2D eigenvalue weighted by Gasteiger charge is 2.27. The zero-order chi connectivity index (χ0) is 16.9. The van der Waals surface area contributed by atoms with E-state index in [2.05, 4.69) is 16.7 Å². The number of hydrogen-bond acceptors (Lipinski definition) is 3. The number of nitrogens with zero attached hydrogens (tertiary/aromatic N) is 2.